The largest absolute Gasteiger partial charge is 0.507 e. The van der Waals surface area contributed by atoms with Crippen LogP contribution in [0.5, 0.6) is 17.2 Å². The molecule has 0 spiro atoms. The zero-order chi connectivity index (χ0) is 28.3. The van der Waals surface area contributed by atoms with Gasteiger partial charge in [-0.1, -0.05) is 104 Å². The summed E-state index contributed by atoms with van der Waals surface area (Å²) in [5, 5.41) is 18.2. The number of ether oxygens (including phenoxy) is 2. The van der Waals surface area contributed by atoms with Crippen molar-refractivity contribution >= 4 is 0 Å². The Labute approximate surface area is 242 Å². The second-order valence-corrected chi connectivity index (χ2v) is 11.0. The summed E-state index contributed by atoms with van der Waals surface area (Å²) >= 11 is 0. The first-order valence-corrected chi connectivity index (χ1v) is 16.0. The van der Waals surface area contributed by atoms with Gasteiger partial charge in [-0.15, -0.1) is 0 Å². The van der Waals surface area contributed by atoms with Gasteiger partial charge in [0.1, 0.15) is 17.2 Å². The number of benzene rings is 2. The minimum Gasteiger partial charge on any atom is -0.507 e. The number of rotatable bonds is 22. The van der Waals surface area contributed by atoms with Gasteiger partial charge >= 0.3 is 0 Å². The van der Waals surface area contributed by atoms with Gasteiger partial charge in [-0.2, -0.15) is 5.10 Å². The van der Waals surface area contributed by atoms with E-state index in [1.54, 1.807) is 6.07 Å². The number of phenolic OH excluding ortho intramolecular Hbond substituents is 1. The number of aromatic nitrogens is 2. The van der Waals surface area contributed by atoms with Gasteiger partial charge in [0.25, 0.3) is 0 Å². The molecule has 0 aliphatic carbocycles. The SMILES string of the molecule is CCCCCCCCCCCCOc1ccc(-c2cc(-c3ccc(OCCCCCCCC)cc3)n[nH]2)c(O)c1. The van der Waals surface area contributed by atoms with Crippen LogP contribution in [-0.2, 0) is 0 Å². The molecule has 0 bridgehead atoms. The smallest absolute Gasteiger partial charge is 0.128 e. The number of hydrogen-bond acceptors (Lipinski definition) is 4. The Morgan fingerprint density at radius 3 is 1.65 bits per heavy atom. The molecule has 3 rings (SSSR count). The Morgan fingerprint density at radius 1 is 0.600 bits per heavy atom. The van der Waals surface area contributed by atoms with Gasteiger partial charge in [0, 0.05) is 17.2 Å². The first-order chi connectivity index (χ1) is 19.7. The lowest BCUT2D eigenvalue weighted by Crippen LogP contribution is -1.97. The van der Waals surface area contributed by atoms with Crippen molar-refractivity contribution in [1.82, 2.24) is 10.2 Å². The van der Waals surface area contributed by atoms with Crippen LogP contribution in [0.15, 0.2) is 48.5 Å². The standard InChI is InChI=1S/C35H52N2O3/c1-3-5-7-9-11-12-13-14-16-18-26-40-31-23-24-32(35(38)27-31)34-28-33(36-37-34)29-19-21-30(22-20-29)39-25-17-15-10-8-6-4-2/h19-24,27-28,38H,3-18,25-26H2,1-2H3,(H,36,37). The molecule has 220 valence electrons. The Morgan fingerprint density at radius 2 is 1.10 bits per heavy atom. The minimum atomic E-state index is 0.189. The lowest BCUT2D eigenvalue weighted by molar-refractivity contribution is 0.302. The zero-order valence-electron chi connectivity index (χ0n) is 25.1. The summed E-state index contributed by atoms with van der Waals surface area (Å²) in [5.74, 6) is 1.78. The Kier molecular flexibility index (Phi) is 15.1. The first kappa shape index (κ1) is 31.6. The molecular formula is C35H52N2O3. The third-order valence-corrected chi connectivity index (χ3v) is 7.52. The lowest BCUT2D eigenvalue weighted by Gasteiger charge is -2.09. The molecular weight excluding hydrogens is 496 g/mol. The molecule has 0 fully saturated rings. The summed E-state index contributed by atoms with van der Waals surface area (Å²) < 4.78 is 11.8. The minimum absolute atomic E-state index is 0.189. The highest BCUT2D eigenvalue weighted by Crippen LogP contribution is 2.33. The zero-order valence-corrected chi connectivity index (χ0v) is 25.1. The van der Waals surface area contributed by atoms with E-state index in [-0.39, 0.29) is 5.75 Å². The van der Waals surface area contributed by atoms with Crippen molar-refractivity contribution in [3.63, 3.8) is 0 Å². The molecule has 1 heterocycles. The molecule has 5 heteroatoms. The van der Waals surface area contributed by atoms with Gasteiger partial charge in [-0.05, 0) is 55.3 Å². The van der Waals surface area contributed by atoms with Crippen LogP contribution in [0.1, 0.15) is 117 Å². The molecule has 0 saturated carbocycles. The Balaban J connectivity index is 1.37. The normalized spacial score (nSPS) is 11.2. The average Bonchev–Trinajstić information content (AvgIpc) is 3.46. The van der Waals surface area contributed by atoms with Gasteiger partial charge in [0.2, 0.25) is 0 Å². The molecule has 0 unspecified atom stereocenters. The summed E-state index contributed by atoms with van der Waals surface area (Å²) in [5.41, 5.74) is 3.32. The number of H-pyrrole nitrogens is 1. The van der Waals surface area contributed by atoms with Crippen LogP contribution < -0.4 is 9.47 Å². The van der Waals surface area contributed by atoms with Crippen molar-refractivity contribution in [2.45, 2.75) is 117 Å². The van der Waals surface area contributed by atoms with Crippen molar-refractivity contribution in [1.29, 1.82) is 0 Å². The number of aromatic amines is 1. The van der Waals surface area contributed by atoms with Crippen molar-refractivity contribution in [3.8, 4) is 39.8 Å². The predicted molar refractivity (Wildman–Crippen MR) is 167 cm³/mol. The highest BCUT2D eigenvalue weighted by molar-refractivity contribution is 5.72. The topological polar surface area (TPSA) is 67.4 Å². The van der Waals surface area contributed by atoms with Crippen molar-refractivity contribution in [2.24, 2.45) is 0 Å². The van der Waals surface area contributed by atoms with E-state index < -0.39 is 0 Å². The fraction of sp³-hybridized carbons (Fsp3) is 0.571. The number of hydrogen-bond donors (Lipinski definition) is 2. The first-order valence-electron chi connectivity index (χ1n) is 16.0. The van der Waals surface area contributed by atoms with Gasteiger partial charge < -0.3 is 14.6 Å². The van der Waals surface area contributed by atoms with E-state index in [2.05, 4.69) is 24.0 Å². The molecule has 0 radical (unpaired) electrons. The molecule has 5 nitrogen and oxygen atoms in total. The van der Waals surface area contributed by atoms with E-state index in [0.717, 1.165) is 42.1 Å². The number of aromatic hydroxyl groups is 1. The maximum atomic E-state index is 10.7. The van der Waals surface area contributed by atoms with E-state index in [1.807, 2.05) is 42.5 Å². The number of nitrogens with zero attached hydrogens (tertiary/aromatic N) is 1. The van der Waals surface area contributed by atoms with E-state index in [4.69, 9.17) is 9.47 Å². The Bertz CT molecular complexity index is 1060. The molecule has 2 aromatic carbocycles. The summed E-state index contributed by atoms with van der Waals surface area (Å²) in [4.78, 5) is 0. The third kappa shape index (κ3) is 11.7. The maximum Gasteiger partial charge on any atom is 0.128 e. The van der Waals surface area contributed by atoms with Crippen molar-refractivity contribution in [3.05, 3.63) is 48.5 Å². The fourth-order valence-corrected chi connectivity index (χ4v) is 5.01. The quantitative estimate of drug-likeness (QED) is 0.123. The third-order valence-electron chi connectivity index (χ3n) is 7.52. The summed E-state index contributed by atoms with van der Waals surface area (Å²) in [6.07, 6.45) is 20.6. The number of unbranched alkanes of at least 4 members (excludes halogenated alkanes) is 14. The van der Waals surface area contributed by atoms with Crippen LogP contribution in [0.2, 0.25) is 0 Å². The second-order valence-electron chi connectivity index (χ2n) is 11.0. The van der Waals surface area contributed by atoms with Gasteiger partial charge in [0.05, 0.1) is 24.6 Å². The van der Waals surface area contributed by atoms with Crippen LogP contribution >= 0.6 is 0 Å². The molecule has 0 atom stereocenters. The number of phenols is 1. The average molecular weight is 549 g/mol. The van der Waals surface area contributed by atoms with E-state index >= 15 is 0 Å². The van der Waals surface area contributed by atoms with Gasteiger partial charge in [-0.3, -0.25) is 5.10 Å². The number of nitrogens with one attached hydrogen (secondary N) is 1. The van der Waals surface area contributed by atoms with Crippen LogP contribution in [0, 0.1) is 0 Å². The highest BCUT2D eigenvalue weighted by Gasteiger charge is 2.11. The highest BCUT2D eigenvalue weighted by atomic mass is 16.5. The van der Waals surface area contributed by atoms with Crippen LogP contribution in [-0.4, -0.2) is 28.5 Å². The van der Waals surface area contributed by atoms with Crippen molar-refractivity contribution in [2.75, 3.05) is 13.2 Å². The lowest BCUT2D eigenvalue weighted by atomic mass is 10.1. The fourth-order valence-electron chi connectivity index (χ4n) is 5.01. The molecule has 1 aromatic heterocycles. The predicted octanol–water partition coefficient (Wildman–Crippen LogP) is 10.5. The van der Waals surface area contributed by atoms with E-state index in [9.17, 15) is 5.11 Å². The molecule has 40 heavy (non-hydrogen) atoms. The Hall–Kier alpha value is -2.95. The molecule has 0 saturated heterocycles. The van der Waals surface area contributed by atoms with E-state index in [1.165, 1.54) is 89.9 Å². The van der Waals surface area contributed by atoms with Gasteiger partial charge in [0.15, 0.2) is 0 Å². The summed E-state index contributed by atoms with van der Waals surface area (Å²) in [7, 11) is 0. The van der Waals surface area contributed by atoms with Crippen LogP contribution in [0.3, 0.4) is 0 Å². The van der Waals surface area contributed by atoms with E-state index in [0.29, 0.717) is 17.9 Å². The molecule has 0 aliphatic heterocycles. The molecule has 0 amide bonds. The monoisotopic (exact) mass is 548 g/mol. The molecule has 3 aromatic rings. The van der Waals surface area contributed by atoms with Crippen LogP contribution in [0.4, 0.5) is 0 Å². The van der Waals surface area contributed by atoms with Crippen LogP contribution in [0.25, 0.3) is 22.5 Å². The molecule has 2 N–H and O–H groups in total. The maximum absolute atomic E-state index is 10.7. The van der Waals surface area contributed by atoms with Crippen molar-refractivity contribution < 1.29 is 14.6 Å². The second kappa shape index (κ2) is 19.2. The summed E-state index contributed by atoms with van der Waals surface area (Å²) in [6.45, 7) is 5.95. The molecule has 0 aliphatic rings. The summed E-state index contributed by atoms with van der Waals surface area (Å²) in [6, 6.07) is 15.5. The van der Waals surface area contributed by atoms with Gasteiger partial charge in [-0.25, -0.2) is 0 Å².